The molecule has 5 nitrogen and oxygen atoms in total. The first kappa shape index (κ1) is 19.5. The summed E-state index contributed by atoms with van der Waals surface area (Å²) < 4.78 is 1.91. The second kappa shape index (κ2) is 9.01. The Morgan fingerprint density at radius 2 is 1.58 bits per heavy atom. The standard InChI is InChI=1S/C20H17N2O3.BrH/c23-20(17-9-11-18(12-10-17)22(24)25)15-21-13-5-4-8-19(21)14-16-6-2-1-3-7-16;/h1-13H,14-15H2;1H/q+1;/p-1. The minimum atomic E-state index is -0.474. The van der Waals surface area contributed by atoms with E-state index in [9.17, 15) is 14.9 Å². The highest BCUT2D eigenvalue weighted by atomic mass is 79.9. The summed E-state index contributed by atoms with van der Waals surface area (Å²) in [6, 6.07) is 21.6. The molecule has 0 amide bonds. The largest absolute Gasteiger partial charge is 1.00 e. The number of nitrogens with zero attached hydrogens (tertiary/aromatic N) is 2. The molecule has 0 aliphatic carbocycles. The van der Waals surface area contributed by atoms with Crippen molar-refractivity contribution in [3.8, 4) is 0 Å². The number of hydrogen-bond donors (Lipinski definition) is 0. The van der Waals surface area contributed by atoms with Gasteiger partial charge in [-0.3, -0.25) is 14.9 Å². The zero-order valence-electron chi connectivity index (χ0n) is 13.9. The van der Waals surface area contributed by atoms with Crippen LogP contribution in [0.2, 0.25) is 0 Å². The first-order chi connectivity index (χ1) is 12.1. The molecule has 0 saturated carbocycles. The lowest BCUT2D eigenvalue weighted by Gasteiger charge is -2.04. The molecule has 0 aliphatic heterocycles. The lowest BCUT2D eigenvalue weighted by molar-refractivity contribution is -0.690. The van der Waals surface area contributed by atoms with E-state index in [0.717, 1.165) is 12.1 Å². The molecule has 0 unspecified atom stereocenters. The Morgan fingerprint density at radius 1 is 0.923 bits per heavy atom. The smallest absolute Gasteiger partial charge is 0.269 e. The van der Waals surface area contributed by atoms with Crippen LogP contribution in [0, 0.1) is 10.1 Å². The van der Waals surface area contributed by atoms with E-state index in [-0.39, 0.29) is 35.0 Å². The van der Waals surface area contributed by atoms with Crippen LogP contribution in [0.1, 0.15) is 21.6 Å². The van der Waals surface area contributed by atoms with Gasteiger partial charge in [0.15, 0.2) is 11.9 Å². The number of Topliss-reactive ketones (excluding diaryl/α,β-unsaturated/α-hetero) is 1. The Bertz CT molecular complexity index is 896. The number of nitro groups is 1. The second-order valence-electron chi connectivity index (χ2n) is 5.71. The van der Waals surface area contributed by atoms with E-state index in [1.807, 2.05) is 47.2 Å². The molecule has 1 heterocycles. The number of non-ortho nitro benzene ring substituents is 1. The summed E-state index contributed by atoms with van der Waals surface area (Å²) in [4.78, 5) is 22.7. The van der Waals surface area contributed by atoms with E-state index in [0.29, 0.717) is 5.56 Å². The number of rotatable bonds is 6. The van der Waals surface area contributed by atoms with Crippen molar-refractivity contribution >= 4 is 11.5 Å². The highest BCUT2D eigenvalue weighted by molar-refractivity contribution is 5.95. The molecule has 0 atom stereocenters. The van der Waals surface area contributed by atoms with Gasteiger partial charge in [0.05, 0.1) is 11.3 Å². The predicted octanol–water partition coefficient (Wildman–Crippen LogP) is 0.360. The number of aromatic nitrogens is 1. The monoisotopic (exact) mass is 412 g/mol. The third kappa shape index (κ3) is 4.83. The molecule has 0 aliphatic rings. The number of benzene rings is 2. The first-order valence-corrected chi connectivity index (χ1v) is 7.92. The molecule has 0 saturated heterocycles. The Labute approximate surface area is 161 Å². The van der Waals surface area contributed by atoms with Crippen LogP contribution in [0.15, 0.2) is 79.0 Å². The molecule has 132 valence electrons. The van der Waals surface area contributed by atoms with Crippen molar-refractivity contribution in [1.29, 1.82) is 0 Å². The van der Waals surface area contributed by atoms with Crippen molar-refractivity contribution < 1.29 is 31.3 Å². The molecule has 0 radical (unpaired) electrons. The fraction of sp³-hybridized carbons (Fsp3) is 0.100. The summed E-state index contributed by atoms with van der Waals surface area (Å²) in [7, 11) is 0. The molecular formula is C20H17BrN2O3. The summed E-state index contributed by atoms with van der Waals surface area (Å²) in [5, 5.41) is 10.7. The van der Waals surface area contributed by atoms with Crippen molar-refractivity contribution in [1.82, 2.24) is 0 Å². The molecule has 1 aromatic heterocycles. The molecule has 0 N–H and O–H groups in total. The maximum absolute atomic E-state index is 12.5. The summed E-state index contributed by atoms with van der Waals surface area (Å²) >= 11 is 0. The van der Waals surface area contributed by atoms with Crippen LogP contribution >= 0.6 is 0 Å². The Morgan fingerprint density at radius 3 is 2.23 bits per heavy atom. The summed E-state index contributed by atoms with van der Waals surface area (Å²) in [5.74, 6) is -0.0830. The van der Waals surface area contributed by atoms with Crippen LogP contribution in [0.5, 0.6) is 0 Å². The molecule has 3 rings (SSSR count). The Hall–Kier alpha value is -2.86. The number of ketones is 1. The van der Waals surface area contributed by atoms with E-state index in [1.54, 1.807) is 0 Å². The summed E-state index contributed by atoms with van der Waals surface area (Å²) in [6.07, 6.45) is 2.61. The molecule has 26 heavy (non-hydrogen) atoms. The molecule has 0 spiro atoms. The van der Waals surface area contributed by atoms with E-state index in [1.165, 1.54) is 29.8 Å². The van der Waals surface area contributed by atoms with Gasteiger partial charge in [0.1, 0.15) is 0 Å². The van der Waals surface area contributed by atoms with Crippen molar-refractivity contribution in [3.63, 3.8) is 0 Å². The van der Waals surface area contributed by atoms with Crippen LogP contribution < -0.4 is 21.5 Å². The SMILES string of the molecule is O=C(C[n+]1ccccc1Cc1ccccc1)c1ccc([N+](=O)[O-])cc1.[Br-]. The van der Waals surface area contributed by atoms with Gasteiger partial charge in [-0.05, 0) is 17.7 Å². The topological polar surface area (TPSA) is 64.1 Å². The number of nitro benzene ring substituents is 1. The molecular weight excluding hydrogens is 396 g/mol. The van der Waals surface area contributed by atoms with Crippen molar-refractivity contribution in [3.05, 3.63) is 106 Å². The average molecular weight is 413 g/mol. The van der Waals surface area contributed by atoms with E-state index in [2.05, 4.69) is 12.1 Å². The first-order valence-electron chi connectivity index (χ1n) is 7.92. The minimum absolute atomic E-state index is 0. The molecule has 2 aromatic carbocycles. The fourth-order valence-corrected chi connectivity index (χ4v) is 2.65. The van der Waals surface area contributed by atoms with Gasteiger partial charge in [-0.15, -0.1) is 0 Å². The quantitative estimate of drug-likeness (QED) is 0.254. The molecule has 3 aromatic rings. The number of halogens is 1. The number of carbonyl (C=O) groups excluding carboxylic acids is 1. The fourth-order valence-electron chi connectivity index (χ4n) is 2.65. The maximum atomic E-state index is 12.5. The number of hydrogen-bond acceptors (Lipinski definition) is 3. The Kier molecular flexibility index (Phi) is 6.74. The van der Waals surface area contributed by atoms with Crippen molar-refractivity contribution in [2.75, 3.05) is 0 Å². The van der Waals surface area contributed by atoms with E-state index >= 15 is 0 Å². The molecule has 0 bridgehead atoms. The van der Waals surface area contributed by atoms with Crippen LogP contribution in [0.25, 0.3) is 0 Å². The van der Waals surface area contributed by atoms with Gasteiger partial charge in [0.2, 0.25) is 12.3 Å². The van der Waals surface area contributed by atoms with E-state index in [4.69, 9.17) is 0 Å². The van der Waals surface area contributed by atoms with Crippen LogP contribution in [0.3, 0.4) is 0 Å². The van der Waals surface area contributed by atoms with Gasteiger partial charge in [0.25, 0.3) is 5.69 Å². The second-order valence-corrected chi connectivity index (χ2v) is 5.71. The van der Waals surface area contributed by atoms with Gasteiger partial charge >= 0.3 is 0 Å². The summed E-state index contributed by atoms with van der Waals surface area (Å²) in [5.41, 5.74) is 2.65. The molecule has 6 heteroatoms. The number of carbonyl (C=O) groups is 1. The zero-order valence-corrected chi connectivity index (χ0v) is 15.5. The van der Waals surface area contributed by atoms with Gasteiger partial charge in [-0.2, -0.15) is 4.57 Å². The van der Waals surface area contributed by atoms with Crippen LogP contribution in [-0.2, 0) is 13.0 Å². The third-order valence-electron chi connectivity index (χ3n) is 3.98. The number of pyridine rings is 1. The average Bonchev–Trinajstić information content (AvgIpc) is 2.64. The maximum Gasteiger partial charge on any atom is 0.269 e. The normalized spacial score (nSPS) is 10.0. The highest BCUT2D eigenvalue weighted by Gasteiger charge is 2.17. The minimum Gasteiger partial charge on any atom is -1.00 e. The lowest BCUT2D eigenvalue weighted by Crippen LogP contribution is -3.00. The third-order valence-corrected chi connectivity index (χ3v) is 3.98. The van der Waals surface area contributed by atoms with Crippen molar-refractivity contribution in [2.24, 2.45) is 0 Å². The van der Waals surface area contributed by atoms with Gasteiger partial charge in [0, 0.05) is 29.8 Å². The Balaban J connectivity index is 0.00000243. The molecule has 0 fully saturated rings. The van der Waals surface area contributed by atoms with Crippen molar-refractivity contribution in [2.45, 2.75) is 13.0 Å². The van der Waals surface area contributed by atoms with Gasteiger partial charge in [-0.1, -0.05) is 36.4 Å². The highest BCUT2D eigenvalue weighted by Crippen LogP contribution is 2.12. The van der Waals surface area contributed by atoms with Crippen LogP contribution in [0.4, 0.5) is 5.69 Å². The van der Waals surface area contributed by atoms with Gasteiger partial charge < -0.3 is 17.0 Å². The van der Waals surface area contributed by atoms with Gasteiger partial charge in [-0.25, -0.2) is 0 Å². The van der Waals surface area contributed by atoms with E-state index < -0.39 is 4.92 Å². The van der Waals surface area contributed by atoms with Crippen LogP contribution in [-0.4, -0.2) is 10.7 Å². The summed E-state index contributed by atoms with van der Waals surface area (Å²) in [6.45, 7) is 0.195. The lowest BCUT2D eigenvalue weighted by atomic mass is 10.1. The predicted molar refractivity (Wildman–Crippen MR) is 93.3 cm³/mol. The zero-order chi connectivity index (χ0) is 17.6.